The maximum atomic E-state index is 11.8. The molecule has 0 unspecified atom stereocenters. The monoisotopic (exact) mass is 252 g/mol. The molecule has 0 aromatic heterocycles. The molecule has 1 saturated heterocycles. The van der Waals surface area contributed by atoms with Crippen molar-refractivity contribution in [1.82, 2.24) is 5.32 Å². The van der Waals surface area contributed by atoms with Crippen LogP contribution < -0.4 is 10.2 Å². The Morgan fingerprint density at radius 2 is 1.58 bits per heavy atom. The van der Waals surface area contributed by atoms with Crippen molar-refractivity contribution in [1.29, 1.82) is 0 Å². The van der Waals surface area contributed by atoms with Crippen LogP contribution in [0.4, 0.5) is 5.69 Å². The third kappa shape index (κ3) is 2.51. The summed E-state index contributed by atoms with van der Waals surface area (Å²) in [6, 6.07) is 18.4. The highest BCUT2D eigenvalue weighted by Gasteiger charge is 2.18. The fourth-order valence-electron chi connectivity index (χ4n) is 2.34. The maximum absolute atomic E-state index is 11.8. The Balaban J connectivity index is 1.85. The summed E-state index contributed by atoms with van der Waals surface area (Å²) >= 11 is 0. The highest BCUT2D eigenvalue weighted by molar-refractivity contribution is 5.95. The van der Waals surface area contributed by atoms with Crippen LogP contribution in [0, 0.1) is 0 Å². The van der Waals surface area contributed by atoms with Crippen LogP contribution in [0.5, 0.6) is 0 Å². The second-order valence-electron chi connectivity index (χ2n) is 4.64. The first kappa shape index (κ1) is 11.9. The summed E-state index contributed by atoms with van der Waals surface area (Å²) in [6.07, 6.45) is 0. The molecule has 1 aliphatic rings. The number of hydrogen-bond acceptors (Lipinski definition) is 2. The van der Waals surface area contributed by atoms with Crippen LogP contribution in [0.15, 0.2) is 54.6 Å². The molecule has 2 aromatic carbocycles. The molecule has 0 spiro atoms. The molecular weight excluding hydrogens is 236 g/mol. The third-order valence-corrected chi connectivity index (χ3v) is 3.38. The molecule has 3 heteroatoms. The van der Waals surface area contributed by atoms with Crippen LogP contribution in [0.2, 0.25) is 0 Å². The van der Waals surface area contributed by atoms with Gasteiger partial charge in [0.25, 0.3) is 0 Å². The summed E-state index contributed by atoms with van der Waals surface area (Å²) in [5.74, 6) is 0.138. The number of nitrogens with zero attached hydrogens (tertiary/aromatic N) is 1. The smallest absolute Gasteiger partial charge is 0.240 e. The Labute approximate surface area is 112 Å². The van der Waals surface area contributed by atoms with Gasteiger partial charge in [-0.25, -0.2) is 0 Å². The number of carbonyl (C=O) groups is 1. The predicted octanol–water partition coefficient (Wildman–Crippen LogP) is 2.29. The molecule has 0 atom stereocenters. The molecule has 3 rings (SSSR count). The van der Waals surface area contributed by atoms with Crippen molar-refractivity contribution in [3.63, 3.8) is 0 Å². The molecule has 0 saturated carbocycles. The van der Waals surface area contributed by atoms with E-state index >= 15 is 0 Å². The van der Waals surface area contributed by atoms with Crippen molar-refractivity contribution in [2.75, 3.05) is 24.5 Å². The summed E-state index contributed by atoms with van der Waals surface area (Å²) in [7, 11) is 0. The highest BCUT2D eigenvalue weighted by Crippen LogP contribution is 2.23. The quantitative estimate of drug-likeness (QED) is 0.889. The SMILES string of the molecule is O=C1CNCCN1c1ccc(-c2ccccc2)cc1. The van der Waals surface area contributed by atoms with Gasteiger partial charge in [-0.2, -0.15) is 0 Å². The molecule has 96 valence electrons. The standard InChI is InChI=1S/C16H16N2O/c19-16-12-17-10-11-18(16)15-8-6-14(7-9-15)13-4-2-1-3-5-13/h1-9,17H,10-12H2. The van der Waals surface area contributed by atoms with Gasteiger partial charge in [0.05, 0.1) is 6.54 Å². The lowest BCUT2D eigenvalue weighted by atomic mass is 10.1. The summed E-state index contributed by atoms with van der Waals surface area (Å²) in [6.45, 7) is 2.02. The van der Waals surface area contributed by atoms with Crippen molar-refractivity contribution in [2.45, 2.75) is 0 Å². The van der Waals surface area contributed by atoms with E-state index in [0.29, 0.717) is 6.54 Å². The molecule has 1 aliphatic heterocycles. The predicted molar refractivity (Wildman–Crippen MR) is 77.1 cm³/mol. The molecule has 3 nitrogen and oxygen atoms in total. The number of amides is 1. The molecule has 1 heterocycles. The topological polar surface area (TPSA) is 32.3 Å². The van der Waals surface area contributed by atoms with Gasteiger partial charge in [-0.15, -0.1) is 0 Å². The van der Waals surface area contributed by atoms with Gasteiger partial charge in [-0.3, -0.25) is 4.79 Å². The number of anilines is 1. The lowest BCUT2D eigenvalue weighted by Crippen LogP contribution is -2.48. The van der Waals surface area contributed by atoms with Crippen LogP contribution in [0.1, 0.15) is 0 Å². The minimum Gasteiger partial charge on any atom is -0.310 e. The molecule has 1 fully saturated rings. The maximum Gasteiger partial charge on any atom is 0.240 e. The Morgan fingerprint density at radius 3 is 2.26 bits per heavy atom. The zero-order valence-corrected chi connectivity index (χ0v) is 10.7. The van der Waals surface area contributed by atoms with Gasteiger partial charge < -0.3 is 10.2 Å². The summed E-state index contributed by atoms with van der Waals surface area (Å²) in [5, 5.41) is 3.08. The fraction of sp³-hybridized carbons (Fsp3) is 0.188. The van der Waals surface area contributed by atoms with Gasteiger partial charge in [0.15, 0.2) is 0 Å². The van der Waals surface area contributed by atoms with E-state index in [1.807, 2.05) is 35.2 Å². The zero-order chi connectivity index (χ0) is 13.1. The number of rotatable bonds is 2. The van der Waals surface area contributed by atoms with E-state index in [-0.39, 0.29) is 5.91 Å². The number of benzene rings is 2. The summed E-state index contributed by atoms with van der Waals surface area (Å²) in [4.78, 5) is 13.7. The van der Waals surface area contributed by atoms with Gasteiger partial charge in [0.2, 0.25) is 5.91 Å². The Hall–Kier alpha value is -2.13. The zero-order valence-electron chi connectivity index (χ0n) is 10.7. The Morgan fingerprint density at radius 1 is 0.895 bits per heavy atom. The molecule has 19 heavy (non-hydrogen) atoms. The van der Waals surface area contributed by atoms with Gasteiger partial charge in [0.1, 0.15) is 0 Å². The fourth-order valence-corrected chi connectivity index (χ4v) is 2.34. The van der Waals surface area contributed by atoms with E-state index in [0.717, 1.165) is 18.8 Å². The largest absolute Gasteiger partial charge is 0.310 e. The molecule has 0 aliphatic carbocycles. The Bertz CT molecular complexity index is 563. The van der Waals surface area contributed by atoms with Crippen LogP contribution in [-0.4, -0.2) is 25.5 Å². The highest BCUT2D eigenvalue weighted by atomic mass is 16.2. The van der Waals surface area contributed by atoms with E-state index in [1.165, 1.54) is 11.1 Å². The molecular formula is C16H16N2O. The first-order valence-corrected chi connectivity index (χ1v) is 6.51. The average molecular weight is 252 g/mol. The number of carbonyl (C=O) groups excluding carboxylic acids is 1. The van der Waals surface area contributed by atoms with Gasteiger partial charge in [0, 0.05) is 18.8 Å². The van der Waals surface area contributed by atoms with Gasteiger partial charge in [-0.05, 0) is 23.3 Å². The lowest BCUT2D eigenvalue weighted by molar-refractivity contribution is -0.118. The lowest BCUT2D eigenvalue weighted by Gasteiger charge is -2.27. The van der Waals surface area contributed by atoms with Crippen LogP contribution >= 0.6 is 0 Å². The van der Waals surface area contributed by atoms with E-state index in [2.05, 4.69) is 29.6 Å². The van der Waals surface area contributed by atoms with Crippen LogP contribution in [-0.2, 0) is 4.79 Å². The number of nitrogens with one attached hydrogen (secondary N) is 1. The average Bonchev–Trinajstić information content (AvgIpc) is 2.49. The second kappa shape index (κ2) is 5.24. The van der Waals surface area contributed by atoms with Crippen molar-refractivity contribution < 1.29 is 4.79 Å². The summed E-state index contributed by atoms with van der Waals surface area (Å²) in [5.41, 5.74) is 3.35. The minimum absolute atomic E-state index is 0.138. The van der Waals surface area contributed by atoms with Crippen LogP contribution in [0.25, 0.3) is 11.1 Å². The molecule has 0 bridgehead atoms. The van der Waals surface area contributed by atoms with Gasteiger partial charge in [-0.1, -0.05) is 42.5 Å². The molecule has 0 radical (unpaired) electrons. The van der Waals surface area contributed by atoms with E-state index in [9.17, 15) is 4.79 Å². The van der Waals surface area contributed by atoms with Gasteiger partial charge >= 0.3 is 0 Å². The first-order valence-electron chi connectivity index (χ1n) is 6.51. The van der Waals surface area contributed by atoms with E-state index in [4.69, 9.17) is 0 Å². The van der Waals surface area contributed by atoms with E-state index in [1.54, 1.807) is 0 Å². The number of hydrogen-bond donors (Lipinski definition) is 1. The second-order valence-corrected chi connectivity index (χ2v) is 4.64. The van der Waals surface area contributed by atoms with E-state index < -0.39 is 0 Å². The van der Waals surface area contributed by atoms with Crippen LogP contribution in [0.3, 0.4) is 0 Å². The Kier molecular flexibility index (Phi) is 3.29. The van der Waals surface area contributed by atoms with Crippen molar-refractivity contribution in [2.24, 2.45) is 0 Å². The molecule has 1 amide bonds. The summed E-state index contributed by atoms with van der Waals surface area (Å²) < 4.78 is 0. The number of piperazine rings is 1. The molecule has 2 aromatic rings. The van der Waals surface area contributed by atoms with Crippen molar-refractivity contribution >= 4 is 11.6 Å². The first-order chi connectivity index (χ1) is 9.34. The third-order valence-electron chi connectivity index (χ3n) is 3.38. The normalized spacial score (nSPS) is 15.6. The van der Waals surface area contributed by atoms with Crippen molar-refractivity contribution in [3.8, 4) is 11.1 Å². The molecule has 1 N–H and O–H groups in total. The van der Waals surface area contributed by atoms with Crippen molar-refractivity contribution in [3.05, 3.63) is 54.6 Å². The minimum atomic E-state index is 0.138.